The van der Waals surface area contributed by atoms with Gasteiger partial charge in [-0.25, -0.2) is 0 Å². The van der Waals surface area contributed by atoms with Crippen molar-refractivity contribution in [3.8, 4) is 0 Å². The van der Waals surface area contributed by atoms with Crippen molar-refractivity contribution in [1.29, 1.82) is 0 Å². The van der Waals surface area contributed by atoms with E-state index < -0.39 is 292 Å². The molecule has 0 saturated carbocycles. The van der Waals surface area contributed by atoms with Crippen LogP contribution in [-0.2, 0) is 42.6 Å². The molecule has 516 valence electrons. The molecule has 24 N–H and O–H groups in total. The van der Waals surface area contributed by atoms with E-state index in [0.717, 1.165) is 0 Å². The van der Waals surface area contributed by atoms with E-state index >= 15 is 0 Å². The maximum Gasteiger partial charge on any atom is 0.218 e. The van der Waals surface area contributed by atoms with Crippen molar-refractivity contribution < 1.29 is 165 Å². The van der Waals surface area contributed by atoms with Gasteiger partial charge in [0.15, 0.2) is 76.5 Å². The van der Waals surface area contributed by atoms with Gasteiger partial charge in [-0.3, -0.25) is 0 Å². The summed E-state index contributed by atoms with van der Waals surface area (Å²) in [5.41, 5.74) is 0. The zero-order valence-corrected chi connectivity index (χ0v) is 51.2. The van der Waals surface area contributed by atoms with E-state index in [4.69, 9.17) is 124 Å². The maximum absolute atomic E-state index is 11.3. The molecule has 23 unspecified atom stereocenters. The molecule has 40 heteroatoms. The summed E-state index contributed by atoms with van der Waals surface area (Å²) in [6.45, 7) is -0.953. The van der Waals surface area contributed by atoms with E-state index in [1.165, 1.54) is 0 Å². The molecule has 0 amide bonds. The zero-order valence-electron chi connectivity index (χ0n) is 45.9. The van der Waals surface area contributed by atoms with Crippen molar-refractivity contribution in [3.63, 3.8) is 0 Å². The summed E-state index contributed by atoms with van der Waals surface area (Å²) in [7, 11) is 0. The lowest BCUT2D eigenvalue weighted by atomic mass is 9.98. The van der Waals surface area contributed by atoms with Gasteiger partial charge in [-0.2, -0.15) is 0 Å². The van der Waals surface area contributed by atoms with Crippen LogP contribution in [0.4, 0.5) is 0 Å². The largest absolute Gasteiger partial charge is 0.506 e. The number of aliphatic hydroxyl groups excluding tert-OH is 24. The lowest BCUT2D eigenvalue weighted by Gasteiger charge is -2.44. The molecule has 3 aliphatic rings. The van der Waals surface area contributed by atoms with Crippen LogP contribution in [0.3, 0.4) is 0 Å². The fraction of sp³-hybridized carbons (Fsp3) is 0.792. The third kappa shape index (κ3) is 23.4. The van der Waals surface area contributed by atoms with Gasteiger partial charge in [0, 0.05) is 48.3 Å². The first-order chi connectivity index (χ1) is 41.4. The SMILES string of the molecule is OCCC1OC(O)/C(O)=C(\O)C(CCCl)OC(O)/C(O)=C(/O)C(CCCl)OC(O)/C(O)=C(\O)C(CCCl)OC(O)/C(O)=C(\O)C(CCCl)OC(O)C(O)C(O)C(CCCl)OC(O)C(O)C(O)C(CCCl)OC2OC(CCl)C(OC(O)C(O)=C1O)C(O)C2O. The summed E-state index contributed by atoms with van der Waals surface area (Å²) < 4.78 is 47.8. The molecule has 3 rings (SSSR count). The second kappa shape index (κ2) is 40.8. The van der Waals surface area contributed by atoms with Gasteiger partial charge >= 0.3 is 0 Å². The second-order valence-corrected chi connectivity index (χ2v) is 21.6. The highest BCUT2D eigenvalue weighted by molar-refractivity contribution is 6.19. The second-order valence-electron chi connectivity index (χ2n) is 19.0. The molecule has 23 atom stereocenters. The summed E-state index contributed by atoms with van der Waals surface area (Å²) in [6, 6.07) is 0. The Labute approximate surface area is 536 Å². The van der Waals surface area contributed by atoms with Crippen LogP contribution >= 0.6 is 81.2 Å². The number of ether oxygens (including phenoxy) is 9. The Kier molecular flexibility index (Phi) is 38.0. The molecule has 3 heterocycles. The smallest absolute Gasteiger partial charge is 0.218 e. The highest BCUT2D eigenvalue weighted by Gasteiger charge is 2.49. The molecule has 0 aromatic heterocycles. The van der Waals surface area contributed by atoms with Gasteiger partial charge in [0.25, 0.3) is 0 Å². The third-order valence-corrected chi connectivity index (χ3v) is 14.5. The molecule has 1 fully saturated rings. The number of alkyl halides is 7. The predicted molar refractivity (Wildman–Crippen MR) is 302 cm³/mol. The fourth-order valence-electron chi connectivity index (χ4n) is 8.03. The predicted octanol–water partition coefficient (Wildman–Crippen LogP) is -0.767. The maximum atomic E-state index is 11.3. The van der Waals surface area contributed by atoms with Crippen molar-refractivity contribution in [2.75, 3.05) is 47.8 Å². The molecule has 88 heavy (non-hydrogen) atoms. The molecular weight excluding hydrogens is 1350 g/mol. The Hall–Kier alpha value is -2.19. The van der Waals surface area contributed by atoms with Crippen LogP contribution in [0.25, 0.3) is 0 Å². The first kappa shape index (κ1) is 81.9. The van der Waals surface area contributed by atoms with Gasteiger partial charge in [-0.05, 0) is 38.5 Å². The number of hydrogen-bond donors (Lipinski definition) is 24. The molecule has 1 saturated heterocycles. The number of rotatable bonds is 15. The van der Waals surface area contributed by atoms with Crippen LogP contribution in [0, 0.1) is 0 Å². The Morgan fingerprint density at radius 1 is 0.261 bits per heavy atom. The standard InChI is InChI=1S/C48H77Cl7O33/c49-8-1-16-24(57)32(65)42(74)81-18(3-10-51)26(59)34(67)44(76)83-20(5-12-53)28(61)36(69)46(78)85-22(7-14-56)30(63)38(71)47(79)88-40-23(15-55)87-48(39(72)31(40)64)86-21(6-13-54)29(62)37(70)45(77)84-19(4-11-52)27(60)35(68)43(75)82-17(2-9-50)25(58)33(66)41(73)80-16/h16-23,27,29,31,35,37,39-48,56-79H,1-15H2/b32-24+,33-25+,34-26-,36-28+,38-30?. The molecule has 0 aliphatic carbocycles. The average Bonchev–Trinajstić information content (AvgIpc) is 1.09. The summed E-state index contributed by atoms with van der Waals surface area (Å²) in [5.74, 6) is -18.6. The van der Waals surface area contributed by atoms with Gasteiger partial charge in [0.05, 0.1) is 18.1 Å². The van der Waals surface area contributed by atoms with Crippen molar-refractivity contribution in [2.24, 2.45) is 0 Å². The van der Waals surface area contributed by atoms with Crippen molar-refractivity contribution in [2.45, 2.75) is 187 Å². The van der Waals surface area contributed by atoms with E-state index in [1.54, 1.807) is 0 Å². The molecule has 2 bridgehead atoms. The first-order valence-electron chi connectivity index (χ1n) is 26.3. The van der Waals surface area contributed by atoms with Crippen LogP contribution in [0.15, 0.2) is 57.6 Å². The van der Waals surface area contributed by atoms with Gasteiger partial charge in [-0.1, -0.05) is 0 Å². The lowest BCUT2D eigenvalue weighted by Crippen LogP contribution is -2.61. The summed E-state index contributed by atoms with van der Waals surface area (Å²) in [4.78, 5) is 0. The van der Waals surface area contributed by atoms with E-state index in [1.807, 2.05) is 0 Å². The van der Waals surface area contributed by atoms with Crippen LogP contribution < -0.4 is 0 Å². The average molecular weight is 1430 g/mol. The van der Waals surface area contributed by atoms with Crippen LogP contribution in [0.1, 0.15) is 44.9 Å². The monoisotopic (exact) mass is 1430 g/mol. The zero-order chi connectivity index (χ0) is 67.0. The molecule has 0 aromatic carbocycles. The summed E-state index contributed by atoms with van der Waals surface area (Å²) >= 11 is 41.2. The number of halogens is 7. The van der Waals surface area contributed by atoms with Crippen LogP contribution in [0.5, 0.6) is 0 Å². The quantitative estimate of drug-likeness (QED) is 0.0896. The molecule has 0 radical (unpaired) electrons. The first-order valence-corrected chi connectivity index (χ1v) is 30.0. The van der Waals surface area contributed by atoms with Crippen LogP contribution in [-0.4, -0.2) is 312 Å². The number of fused-ring (bicyclic) bond motifs is 32. The molecule has 0 spiro atoms. The minimum absolute atomic E-state index is 0.394. The summed E-state index contributed by atoms with van der Waals surface area (Å²) in [5, 5.41) is 262. The van der Waals surface area contributed by atoms with Crippen molar-refractivity contribution in [3.05, 3.63) is 57.6 Å². The highest BCUT2D eigenvalue weighted by Crippen LogP contribution is 2.32. The van der Waals surface area contributed by atoms with Gasteiger partial charge in [-0.15, -0.1) is 81.2 Å². The van der Waals surface area contributed by atoms with Crippen molar-refractivity contribution >= 4 is 81.2 Å². The molecule has 0 aromatic rings. The van der Waals surface area contributed by atoms with Crippen LogP contribution in [0.2, 0.25) is 0 Å². The van der Waals surface area contributed by atoms with Gasteiger partial charge in [0.2, 0.25) is 31.5 Å². The highest BCUT2D eigenvalue weighted by atomic mass is 35.5. The third-order valence-electron chi connectivity index (χ3n) is 12.9. The molecular formula is C48H77Cl7O33. The topological polar surface area (TPSA) is 569 Å². The lowest BCUT2D eigenvalue weighted by molar-refractivity contribution is -0.332. The molecule has 3 aliphatic heterocycles. The molecule has 33 nitrogen and oxygen atoms in total. The normalized spacial score (nSPS) is 41.0. The van der Waals surface area contributed by atoms with Gasteiger partial charge in [0.1, 0.15) is 79.4 Å². The van der Waals surface area contributed by atoms with E-state index in [2.05, 4.69) is 0 Å². The van der Waals surface area contributed by atoms with E-state index in [9.17, 15) is 123 Å². The Bertz CT molecular complexity index is 2210. The fourth-order valence-corrected chi connectivity index (χ4v) is 9.50. The minimum Gasteiger partial charge on any atom is -0.506 e. The number of aliphatic hydroxyl groups is 24. The number of hydrogen-bond acceptors (Lipinski definition) is 33. The Balaban J connectivity index is 2.84. The minimum atomic E-state index is -2.81. The van der Waals surface area contributed by atoms with Crippen molar-refractivity contribution in [1.82, 2.24) is 0 Å². The Morgan fingerprint density at radius 2 is 0.534 bits per heavy atom. The van der Waals surface area contributed by atoms with E-state index in [-0.39, 0.29) is 0 Å². The summed E-state index contributed by atoms with van der Waals surface area (Å²) in [6.07, 6.45) is -57.4. The Morgan fingerprint density at radius 3 is 0.841 bits per heavy atom. The van der Waals surface area contributed by atoms with E-state index in [0.29, 0.717) is 0 Å². The van der Waals surface area contributed by atoms with Gasteiger partial charge < -0.3 is 165 Å².